The van der Waals surface area contributed by atoms with Gasteiger partial charge in [-0.3, -0.25) is 4.79 Å². The van der Waals surface area contributed by atoms with Gasteiger partial charge in [0.25, 0.3) is 5.56 Å². The Balaban J connectivity index is 0.00000392. The van der Waals surface area contributed by atoms with Crippen LogP contribution < -0.4 is 25.5 Å². The highest BCUT2D eigenvalue weighted by Crippen LogP contribution is 2.37. The van der Waals surface area contributed by atoms with Crippen LogP contribution >= 0.6 is 12.4 Å². The number of nitrogens with two attached hydrogens (primary N) is 1. The molecule has 0 bridgehead atoms. The first kappa shape index (κ1) is 24.1. The maximum absolute atomic E-state index is 13.3. The number of unbranched alkanes of at least 4 members (excludes halogenated alkanes) is 1. The van der Waals surface area contributed by atoms with Gasteiger partial charge in [0.05, 0.1) is 31.9 Å². The van der Waals surface area contributed by atoms with E-state index in [1.165, 1.54) is 0 Å². The van der Waals surface area contributed by atoms with E-state index in [2.05, 4.69) is 27.7 Å². The Hall–Kier alpha value is -1.92. The van der Waals surface area contributed by atoms with Crippen molar-refractivity contribution in [3.8, 4) is 17.2 Å². The Labute approximate surface area is 173 Å². The average Bonchev–Trinajstić information content (AvgIpc) is 2.63. The third-order valence-corrected chi connectivity index (χ3v) is 4.40. The molecule has 2 rings (SSSR count). The topological polar surface area (TPSA) is 75.7 Å². The maximum atomic E-state index is 13.3. The number of pyridine rings is 1. The summed E-state index contributed by atoms with van der Waals surface area (Å²) < 4.78 is 18.7. The third-order valence-electron chi connectivity index (χ3n) is 4.40. The zero-order chi connectivity index (χ0) is 20.2. The van der Waals surface area contributed by atoms with Crippen LogP contribution in [0.5, 0.6) is 17.2 Å². The van der Waals surface area contributed by atoms with Crippen molar-refractivity contribution in [3.05, 3.63) is 28.2 Å². The Morgan fingerprint density at radius 1 is 1.07 bits per heavy atom. The molecule has 0 saturated carbocycles. The van der Waals surface area contributed by atoms with Gasteiger partial charge in [0.15, 0.2) is 11.5 Å². The van der Waals surface area contributed by atoms with Crippen molar-refractivity contribution in [1.82, 2.24) is 4.57 Å². The molecule has 7 heteroatoms. The van der Waals surface area contributed by atoms with Gasteiger partial charge in [-0.2, -0.15) is 0 Å². The van der Waals surface area contributed by atoms with Crippen LogP contribution in [-0.2, 0) is 13.1 Å². The van der Waals surface area contributed by atoms with Crippen molar-refractivity contribution in [3.63, 3.8) is 0 Å². The van der Waals surface area contributed by atoms with Gasteiger partial charge in [-0.1, -0.05) is 34.1 Å². The lowest BCUT2D eigenvalue weighted by Gasteiger charge is -2.25. The maximum Gasteiger partial charge on any atom is 0.259 e. The highest BCUT2D eigenvalue weighted by Gasteiger charge is 2.23. The first-order valence-corrected chi connectivity index (χ1v) is 9.41. The molecule has 2 N–H and O–H groups in total. The van der Waals surface area contributed by atoms with Gasteiger partial charge >= 0.3 is 0 Å². The van der Waals surface area contributed by atoms with Crippen molar-refractivity contribution >= 4 is 23.2 Å². The van der Waals surface area contributed by atoms with E-state index in [4.69, 9.17) is 19.9 Å². The lowest BCUT2D eigenvalue weighted by Crippen LogP contribution is -2.31. The van der Waals surface area contributed by atoms with E-state index in [1.807, 2.05) is 0 Å². The fourth-order valence-electron chi connectivity index (χ4n) is 3.11. The number of aromatic nitrogens is 1. The fourth-order valence-corrected chi connectivity index (χ4v) is 3.11. The molecule has 0 aliphatic carbocycles. The zero-order valence-corrected chi connectivity index (χ0v) is 18.6. The largest absolute Gasteiger partial charge is 0.493 e. The van der Waals surface area contributed by atoms with E-state index in [9.17, 15) is 4.79 Å². The average molecular weight is 413 g/mol. The van der Waals surface area contributed by atoms with Crippen LogP contribution in [0.4, 0.5) is 0 Å². The van der Waals surface area contributed by atoms with Crippen LogP contribution in [0.2, 0.25) is 0 Å². The van der Waals surface area contributed by atoms with E-state index >= 15 is 0 Å². The molecular formula is C21H33ClN2O4. The summed E-state index contributed by atoms with van der Waals surface area (Å²) in [5, 5.41) is 1.25. The minimum Gasteiger partial charge on any atom is -0.493 e. The van der Waals surface area contributed by atoms with Gasteiger partial charge in [0, 0.05) is 18.5 Å². The number of halogens is 1. The van der Waals surface area contributed by atoms with Crippen molar-refractivity contribution in [2.45, 2.75) is 53.6 Å². The number of hydrogen-bond donors (Lipinski definition) is 1. The smallest absolute Gasteiger partial charge is 0.259 e. The van der Waals surface area contributed by atoms with Crippen LogP contribution in [0.3, 0.4) is 0 Å². The van der Waals surface area contributed by atoms with Crippen LogP contribution in [0, 0.1) is 5.41 Å². The highest BCUT2D eigenvalue weighted by atomic mass is 35.5. The zero-order valence-electron chi connectivity index (χ0n) is 17.8. The molecular weight excluding hydrogens is 380 g/mol. The second kappa shape index (κ2) is 10.0. The monoisotopic (exact) mass is 412 g/mol. The number of benzene rings is 1. The molecule has 1 aromatic carbocycles. The standard InChI is InChI=1S/C21H32N2O4.ClH/c1-7-8-9-27-19-14-10-17(25-5)18(26-6)11-15(14)20(24)23(16(19)12-22)13-21(2,3)4;/h10-11H,7-9,12-13,22H2,1-6H3;1H. The Kier molecular flexibility index (Phi) is 8.64. The molecule has 0 aliphatic heterocycles. The van der Waals surface area contributed by atoms with Crippen LogP contribution in [0.25, 0.3) is 10.8 Å². The third kappa shape index (κ3) is 5.11. The molecule has 1 aromatic heterocycles. The van der Waals surface area contributed by atoms with Gasteiger partial charge in [0.1, 0.15) is 5.75 Å². The summed E-state index contributed by atoms with van der Waals surface area (Å²) in [6.07, 6.45) is 1.95. The Morgan fingerprint density at radius 2 is 1.64 bits per heavy atom. The van der Waals surface area contributed by atoms with E-state index in [1.54, 1.807) is 30.9 Å². The van der Waals surface area contributed by atoms with E-state index in [0.717, 1.165) is 12.8 Å². The quantitative estimate of drug-likeness (QED) is 0.660. The summed E-state index contributed by atoms with van der Waals surface area (Å²) in [6.45, 7) is 9.73. The summed E-state index contributed by atoms with van der Waals surface area (Å²) in [5.41, 5.74) is 6.60. The number of fused-ring (bicyclic) bond motifs is 1. The van der Waals surface area contributed by atoms with Crippen LogP contribution in [0.15, 0.2) is 16.9 Å². The number of methoxy groups -OCH3 is 2. The summed E-state index contributed by atoms with van der Waals surface area (Å²) >= 11 is 0. The predicted octanol–water partition coefficient (Wildman–Crippen LogP) is 4.12. The summed E-state index contributed by atoms with van der Waals surface area (Å²) in [5.74, 6) is 1.73. The number of hydrogen-bond acceptors (Lipinski definition) is 5. The van der Waals surface area contributed by atoms with Gasteiger partial charge in [-0.15, -0.1) is 12.4 Å². The molecule has 0 aliphatic rings. The normalized spacial score (nSPS) is 11.2. The van der Waals surface area contributed by atoms with E-state index < -0.39 is 0 Å². The molecule has 6 nitrogen and oxygen atoms in total. The second-order valence-electron chi connectivity index (χ2n) is 7.89. The van der Waals surface area contributed by atoms with Gasteiger partial charge in [0.2, 0.25) is 0 Å². The summed E-state index contributed by atoms with van der Waals surface area (Å²) in [6, 6.07) is 3.53. The minimum atomic E-state index is -0.0934. The molecule has 0 amide bonds. The highest BCUT2D eigenvalue weighted by molar-refractivity contribution is 5.91. The van der Waals surface area contributed by atoms with Gasteiger partial charge < -0.3 is 24.5 Å². The molecule has 0 fully saturated rings. The fraction of sp³-hybridized carbons (Fsp3) is 0.571. The predicted molar refractivity (Wildman–Crippen MR) is 116 cm³/mol. The van der Waals surface area contributed by atoms with Crippen LogP contribution in [-0.4, -0.2) is 25.4 Å². The SMILES string of the molecule is CCCCOc1c(CN)n(CC(C)(C)C)c(=O)c2cc(OC)c(OC)cc12.Cl. The molecule has 0 unspecified atom stereocenters. The van der Waals surface area contributed by atoms with E-state index in [0.29, 0.717) is 46.9 Å². The van der Waals surface area contributed by atoms with Crippen molar-refractivity contribution in [2.75, 3.05) is 20.8 Å². The molecule has 2 aromatic rings. The van der Waals surface area contributed by atoms with E-state index in [-0.39, 0.29) is 29.9 Å². The lowest BCUT2D eigenvalue weighted by atomic mass is 9.96. The molecule has 1 heterocycles. The lowest BCUT2D eigenvalue weighted by molar-refractivity contribution is 0.294. The van der Waals surface area contributed by atoms with Gasteiger partial charge in [-0.25, -0.2) is 0 Å². The molecule has 0 spiro atoms. The Morgan fingerprint density at radius 3 is 2.11 bits per heavy atom. The summed E-state index contributed by atoms with van der Waals surface area (Å²) in [7, 11) is 3.14. The van der Waals surface area contributed by atoms with Crippen molar-refractivity contribution in [2.24, 2.45) is 11.1 Å². The number of ether oxygens (including phenoxy) is 3. The molecule has 28 heavy (non-hydrogen) atoms. The molecule has 0 radical (unpaired) electrons. The number of nitrogens with zero attached hydrogens (tertiary/aromatic N) is 1. The molecule has 158 valence electrons. The summed E-state index contributed by atoms with van der Waals surface area (Å²) in [4.78, 5) is 13.3. The van der Waals surface area contributed by atoms with Crippen molar-refractivity contribution < 1.29 is 14.2 Å². The molecule has 0 atom stereocenters. The first-order valence-electron chi connectivity index (χ1n) is 9.41. The Bertz CT molecular complexity index is 856. The van der Waals surface area contributed by atoms with Crippen LogP contribution in [0.1, 0.15) is 46.2 Å². The first-order chi connectivity index (χ1) is 12.8. The minimum absolute atomic E-state index is 0. The van der Waals surface area contributed by atoms with Gasteiger partial charge in [-0.05, 0) is 24.0 Å². The van der Waals surface area contributed by atoms with Crippen molar-refractivity contribution in [1.29, 1.82) is 0 Å². The second-order valence-corrected chi connectivity index (χ2v) is 7.89. The number of rotatable bonds is 8. The molecule has 0 saturated heterocycles.